The van der Waals surface area contributed by atoms with E-state index in [1.165, 1.54) is 12.8 Å². The number of carbonyl (C=O) groups excluding carboxylic acids is 1. The lowest BCUT2D eigenvalue weighted by molar-refractivity contribution is 0.200. The van der Waals surface area contributed by atoms with Gasteiger partial charge >= 0.3 is 6.09 Å². The molecule has 1 aromatic carbocycles. The van der Waals surface area contributed by atoms with Gasteiger partial charge in [-0.05, 0) is 24.5 Å². The largest absolute Gasteiger partial charge is 0.412 e. The average molecular weight is 205 g/mol. The normalized spacial score (nSPS) is 14.7. The molecule has 2 rings (SSSR count). The number of nitrogens with one attached hydrogen (secondary N) is 1. The van der Waals surface area contributed by atoms with Gasteiger partial charge in [0.1, 0.15) is 5.75 Å². The summed E-state index contributed by atoms with van der Waals surface area (Å²) in [4.78, 5) is 11.3. The van der Waals surface area contributed by atoms with Crippen LogP contribution in [0.4, 0.5) is 4.79 Å². The van der Waals surface area contributed by atoms with E-state index >= 15 is 0 Å². The Hall–Kier alpha value is -1.51. The van der Waals surface area contributed by atoms with Crippen LogP contribution in [-0.4, -0.2) is 12.6 Å². The molecule has 0 atom stereocenters. The summed E-state index contributed by atoms with van der Waals surface area (Å²) in [5, 5.41) is 2.74. The fourth-order valence-corrected chi connectivity index (χ4v) is 1.42. The van der Waals surface area contributed by atoms with Crippen molar-refractivity contribution in [2.45, 2.75) is 19.3 Å². The van der Waals surface area contributed by atoms with Crippen molar-refractivity contribution in [1.82, 2.24) is 5.32 Å². The van der Waals surface area contributed by atoms with Crippen molar-refractivity contribution >= 4 is 6.09 Å². The minimum Gasteiger partial charge on any atom is -0.410 e. The minimum absolute atomic E-state index is 0.359. The van der Waals surface area contributed by atoms with E-state index in [0.29, 0.717) is 5.75 Å². The monoisotopic (exact) mass is 205 g/mol. The van der Waals surface area contributed by atoms with Gasteiger partial charge in [0.05, 0.1) is 0 Å². The lowest BCUT2D eigenvalue weighted by Gasteiger charge is -2.05. The molecule has 0 unspecified atom stereocenters. The first-order valence-electron chi connectivity index (χ1n) is 5.35. The smallest absolute Gasteiger partial charge is 0.410 e. The van der Waals surface area contributed by atoms with Gasteiger partial charge in [-0.25, -0.2) is 4.79 Å². The van der Waals surface area contributed by atoms with Gasteiger partial charge in [0.25, 0.3) is 0 Å². The van der Waals surface area contributed by atoms with Gasteiger partial charge in [0, 0.05) is 6.54 Å². The number of benzene rings is 1. The summed E-state index contributed by atoms with van der Waals surface area (Å²) in [7, 11) is 0. The molecule has 3 heteroatoms. The van der Waals surface area contributed by atoms with Crippen LogP contribution in [0.2, 0.25) is 0 Å². The van der Waals surface area contributed by atoms with Crippen LogP contribution in [0.3, 0.4) is 0 Å². The Bertz CT molecular complexity index is 320. The number of carbonyl (C=O) groups is 1. The summed E-state index contributed by atoms with van der Waals surface area (Å²) < 4.78 is 5.07. The molecule has 0 bridgehead atoms. The predicted octanol–water partition coefficient (Wildman–Crippen LogP) is 2.58. The molecule has 80 valence electrons. The van der Waals surface area contributed by atoms with Crippen LogP contribution < -0.4 is 10.1 Å². The summed E-state index contributed by atoms with van der Waals surface area (Å²) in [6, 6.07) is 9.10. The van der Waals surface area contributed by atoms with E-state index in [-0.39, 0.29) is 6.09 Å². The van der Waals surface area contributed by atoms with Crippen molar-refractivity contribution in [2.75, 3.05) is 6.54 Å². The molecule has 0 aliphatic heterocycles. The molecule has 1 fully saturated rings. The zero-order chi connectivity index (χ0) is 10.5. The summed E-state index contributed by atoms with van der Waals surface area (Å²) in [5.41, 5.74) is 0. The molecule has 1 aromatic rings. The molecule has 15 heavy (non-hydrogen) atoms. The lowest BCUT2D eigenvalue weighted by atomic mass is 10.3. The maximum atomic E-state index is 11.3. The van der Waals surface area contributed by atoms with Gasteiger partial charge in [-0.3, -0.25) is 0 Å². The van der Waals surface area contributed by atoms with Crippen LogP contribution in [0, 0.1) is 5.92 Å². The molecule has 0 saturated heterocycles. The Kier molecular flexibility index (Phi) is 3.22. The molecule has 1 saturated carbocycles. The Morgan fingerprint density at radius 2 is 2.07 bits per heavy atom. The van der Waals surface area contributed by atoms with Crippen LogP contribution in [0.1, 0.15) is 19.3 Å². The molecule has 1 amide bonds. The van der Waals surface area contributed by atoms with Gasteiger partial charge in [0.2, 0.25) is 0 Å². The average Bonchev–Trinajstić information content (AvgIpc) is 3.03. The van der Waals surface area contributed by atoms with E-state index in [9.17, 15) is 4.79 Å². The third-order valence-electron chi connectivity index (χ3n) is 2.47. The van der Waals surface area contributed by atoms with Crippen LogP contribution in [0.15, 0.2) is 30.3 Å². The Morgan fingerprint density at radius 3 is 2.73 bits per heavy atom. The summed E-state index contributed by atoms with van der Waals surface area (Å²) >= 11 is 0. The van der Waals surface area contributed by atoms with Crippen LogP contribution in [0.5, 0.6) is 5.75 Å². The number of hydrogen-bond acceptors (Lipinski definition) is 2. The van der Waals surface area contributed by atoms with Gasteiger partial charge in [-0.15, -0.1) is 0 Å². The highest BCUT2D eigenvalue weighted by Crippen LogP contribution is 2.31. The van der Waals surface area contributed by atoms with Crippen LogP contribution >= 0.6 is 0 Å². The van der Waals surface area contributed by atoms with Crippen molar-refractivity contribution in [3.05, 3.63) is 30.3 Å². The zero-order valence-electron chi connectivity index (χ0n) is 8.61. The molecule has 0 spiro atoms. The highest BCUT2D eigenvalue weighted by Gasteiger charge is 2.20. The van der Waals surface area contributed by atoms with E-state index in [2.05, 4.69) is 5.32 Å². The predicted molar refractivity (Wildman–Crippen MR) is 57.8 cm³/mol. The quantitative estimate of drug-likeness (QED) is 0.820. The number of amides is 1. The molecule has 1 aliphatic carbocycles. The molecule has 1 N–H and O–H groups in total. The second-order valence-corrected chi connectivity index (χ2v) is 3.86. The minimum atomic E-state index is -0.359. The maximum Gasteiger partial charge on any atom is 0.412 e. The second-order valence-electron chi connectivity index (χ2n) is 3.86. The van der Waals surface area contributed by atoms with E-state index in [1.807, 2.05) is 18.2 Å². The molecular weight excluding hydrogens is 190 g/mol. The Balaban J connectivity index is 1.67. The second kappa shape index (κ2) is 4.82. The first-order valence-corrected chi connectivity index (χ1v) is 5.35. The van der Waals surface area contributed by atoms with E-state index in [0.717, 1.165) is 18.9 Å². The topological polar surface area (TPSA) is 38.3 Å². The molecule has 1 aliphatic rings. The Labute approximate surface area is 89.4 Å². The highest BCUT2D eigenvalue weighted by atomic mass is 16.5. The SMILES string of the molecule is O=C(NCCC1CC1)Oc1ccccc1. The van der Waals surface area contributed by atoms with Crippen molar-refractivity contribution < 1.29 is 9.53 Å². The summed E-state index contributed by atoms with van der Waals surface area (Å²) in [6.45, 7) is 0.719. The van der Waals surface area contributed by atoms with E-state index < -0.39 is 0 Å². The van der Waals surface area contributed by atoms with Gasteiger partial charge in [-0.2, -0.15) is 0 Å². The standard InChI is InChI=1S/C12H15NO2/c14-12(13-9-8-10-6-7-10)15-11-4-2-1-3-5-11/h1-5,10H,6-9H2,(H,13,14). The van der Waals surface area contributed by atoms with Gasteiger partial charge in [-0.1, -0.05) is 31.0 Å². The van der Waals surface area contributed by atoms with Crippen molar-refractivity contribution in [3.63, 3.8) is 0 Å². The molecule has 0 aromatic heterocycles. The van der Waals surface area contributed by atoms with Gasteiger partial charge in [0.15, 0.2) is 0 Å². The Morgan fingerprint density at radius 1 is 1.33 bits per heavy atom. The number of para-hydroxylation sites is 1. The van der Waals surface area contributed by atoms with Crippen molar-refractivity contribution in [2.24, 2.45) is 5.92 Å². The van der Waals surface area contributed by atoms with Gasteiger partial charge < -0.3 is 10.1 Å². The fourth-order valence-electron chi connectivity index (χ4n) is 1.42. The third kappa shape index (κ3) is 3.62. The van der Waals surface area contributed by atoms with E-state index in [1.54, 1.807) is 12.1 Å². The fraction of sp³-hybridized carbons (Fsp3) is 0.417. The van der Waals surface area contributed by atoms with Crippen LogP contribution in [-0.2, 0) is 0 Å². The molecule has 0 heterocycles. The highest BCUT2D eigenvalue weighted by molar-refractivity contribution is 5.70. The molecule has 0 radical (unpaired) electrons. The third-order valence-corrected chi connectivity index (χ3v) is 2.47. The van der Waals surface area contributed by atoms with E-state index in [4.69, 9.17) is 4.74 Å². The zero-order valence-corrected chi connectivity index (χ0v) is 8.61. The first kappa shape index (κ1) is 10.0. The first-order chi connectivity index (χ1) is 7.34. The summed E-state index contributed by atoms with van der Waals surface area (Å²) in [5.74, 6) is 1.42. The van der Waals surface area contributed by atoms with Crippen molar-refractivity contribution in [3.8, 4) is 5.75 Å². The number of rotatable bonds is 4. The molecular formula is C12H15NO2. The van der Waals surface area contributed by atoms with Crippen molar-refractivity contribution in [1.29, 1.82) is 0 Å². The maximum absolute atomic E-state index is 11.3. The molecule has 3 nitrogen and oxygen atoms in total. The number of ether oxygens (including phenoxy) is 1. The number of hydrogen-bond donors (Lipinski definition) is 1. The van der Waals surface area contributed by atoms with Crippen LogP contribution in [0.25, 0.3) is 0 Å². The lowest BCUT2D eigenvalue weighted by Crippen LogP contribution is -2.27. The summed E-state index contributed by atoms with van der Waals surface area (Å²) in [6.07, 6.45) is 3.34.